The Labute approximate surface area is 158 Å². The summed E-state index contributed by atoms with van der Waals surface area (Å²) in [6.45, 7) is 2.05. The lowest BCUT2D eigenvalue weighted by molar-refractivity contribution is -0.116. The van der Waals surface area contributed by atoms with Crippen LogP contribution in [0.1, 0.15) is 26.2 Å². The van der Waals surface area contributed by atoms with Gasteiger partial charge in [-0.25, -0.2) is 9.97 Å². The third kappa shape index (κ3) is 4.46. The first-order valence-corrected chi connectivity index (χ1v) is 9.03. The highest BCUT2D eigenvalue weighted by molar-refractivity contribution is 6.30. The van der Waals surface area contributed by atoms with Gasteiger partial charge in [0.25, 0.3) is 0 Å². The minimum absolute atomic E-state index is 0.0682. The van der Waals surface area contributed by atoms with E-state index in [0.29, 0.717) is 17.4 Å². The predicted octanol–water partition coefficient (Wildman–Crippen LogP) is 5.59. The molecule has 0 saturated heterocycles. The molecular formula is C21H20ClN3O. The molecule has 4 nitrogen and oxygen atoms in total. The van der Waals surface area contributed by atoms with Crippen LogP contribution < -0.4 is 5.32 Å². The Balaban J connectivity index is 2.01. The Morgan fingerprint density at radius 3 is 2.58 bits per heavy atom. The number of unbranched alkanes of at least 4 members (excludes halogenated alkanes) is 1. The van der Waals surface area contributed by atoms with Gasteiger partial charge in [0, 0.05) is 28.8 Å². The molecule has 3 aromatic rings. The number of aromatic nitrogens is 2. The van der Waals surface area contributed by atoms with E-state index in [1.165, 1.54) is 0 Å². The molecule has 1 amide bonds. The molecular weight excluding hydrogens is 346 g/mol. The molecule has 0 bridgehead atoms. The molecule has 0 spiro atoms. The summed E-state index contributed by atoms with van der Waals surface area (Å²) in [5.41, 5.74) is 3.51. The number of anilines is 1. The molecule has 0 atom stereocenters. The first kappa shape index (κ1) is 18.1. The van der Waals surface area contributed by atoms with Gasteiger partial charge in [0.1, 0.15) is 0 Å². The van der Waals surface area contributed by atoms with Gasteiger partial charge in [-0.2, -0.15) is 0 Å². The molecule has 3 rings (SSSR count). The monoisotopic (exact) mass is 365 g/mol. The number of rotatable bonds is 6. The highest BCUT2D eigenvalue weighted by Gasteiger charge is 2.13. The van der Waals surface area contributed by atoms with Crippen LogP contribution in [0.5, 0.6) is 0 Å². The van der Waals surface area contributed by atoms with Crippen LogP contribution in [0, 0.1) is 0 Å². The second-order valence-corrected chi connectivity index (χ2v) is 6.42. The zero-order chi connectivity index (χ0) is 18.4. The fourth-order valence-corrected chi connectivity index (χ4v) is 2.84. The van der Waals surface area contributed by atoms with Crippen LogP contribution in [0.25, 0.3) is 22.4 Å². The summed E-state index contributed by atoms with van der Waals surface area (Å²) < 4.78 is 0. The average molecular weight is 366 g/mol. The summed E-state index contributed by atoms with van der Waals surface area (Å²) in [6, 6.07) is 17.4. The van der Waals surface area contributed by atoms with E-state index in [-0.39, 0.29) is 5.91 Å². The van der Waals surface area contributed by atoms with Crippen molar-refractivity contribution in [3.05, 3.63) is 65.8 Å². The van der Waals surface area contributed by atoms with E-state index in [2.05, 4.69) is 22.2 Å². The standard InChI is InChI=1S/C21H20ClN3O/c1-2-3-12-19(26)24-21-23-14-18(16-10-7-11-17(22)13-16)20(25-21)15-8-5-4-6-9-15/h4-11,13-14H,2-3,12H2,1H3,(H,23,24,25,26). The van der Waals surface area contributed by atoms with Crippen molar-refractivity contribution in [2.45, 2.75) is 26.2 Å². The number of carbonyl (C=O) groups is 1. The first-order valence-electron chi connectivity index (χ1n) is 8.65. The molecule has 1 aromatic heterocycles. The van der Waals surface area contributed by atoms with Crippen molar-refractivity contribution >= 4 is 23.5 Å². The molecule has 5 heteroatoms. The Morgan fingerprint density at radius 2 is 1.85 bits per heavy atom. The van der Waals surface area contributed by atoms with E-state index in [4.69, 9.17) is 11.6 Å². The lowest BCUT2D eigenvalue weighted by Crippen LogP contribution is -2.14. The van der Waals surface area contributed by atoms with Crippen molar-refractivity contribution in [3.63, 3.8) is 0 Å². The van der Waals surface area contributed by atoms with Gasteiger partial charge >= 0.3 is 0 Å². The lowest BCUT2D eigenvalue weighted by atomic mass is 10.0. The van der Waals surface area contributed by atoms with Gasteiger partial charge in [-0.1, -0.05) is 67.4 Å². The van der Waals surface area contributed by atoms with Crippen molar-refractivity contribution in [3.8, 4) is 22.4 Å². The summed E-state index contributed by atoms with van der Waals surface area (Å²) in [6.07, 6.45) is 4.02. The topological polar surface area (TPSA) is 54.9 Å². The maximum absolute atomic E-state index is 12.0. The van der Waals surface area contributed by atoms with E-state index < -0.39 is 0 Å². The Hall–Kier alpha value is -2.72. The number of amides is 1. The zero-order valence-corrected chi connectivity index (χ0v) is 15.3. The third-order valence-corrected chi connectivity index (χ3v) is 4.22. The Kier molecular flexibility index (Phi) is 5.97. The van der Waals surface area contributed by atoms with Crippen LogP contribution in [0.4, 0.5) is 5.95 Å². The second-order valence-electron chi connectivity index (χ2n) is 5.98. The molecule has 0 radical (unpaired) electrons. The van der Waals surface area contributed by atoms with Crippen LogP contribution >= 0.6 is 11.6 Å². The number of benzene rings is 2. The predicted molar refractivity (Wildman–Crippen MR) is 106 cm³/mol. The van der Waals surface area contributed by atoms with Gasteiger partial charge in [-0.15, -0.1) is 0 Å². The zero-order valence-electron chi connectivity index (χ0n) is 14.6. The van der Waals surface area contributed by atoms with Crippen LogP contribution in [0.15, 0.2) is 60.8 Å². The smallest absolute Gasteiger partial charge is 0.229 e. The van der Waals surface area contributed by atoms with Gasteiger partial charge in [-0.05, 0) is 24.1 Å². The molecule has 1 N–H and O–H groups in total. The lowest BCUT2D eigenvalue weighted by Gasteiger charge is -2.11. The Morgan fingerprint density at radius 1 is 1.08 bits per heavy atom. The van der Waals surface area contributed by atoms with Gasteiger partial charge in [0.05, 0.1) is 5.69 Å². The number of halogens is 1. The molecule has 26 heavy (non-hydrogen) atoms. The van der Waals surface area contributed by atoms with Crippen LogP contribution in [0.3, 0.4) is 0 Å². The van der Waals surface area contributed by atoms with Crippen molar-refractivity contribution in [1.82, 2.24) is 9.97 Å². The molecule has 132 valence electrons. The van der Waals surface area contributed by atoms with Gasteiger partial charge < -0.3 is 0 Å². The fraction of sp³-hybridized carbons (Fsp3) is 0.190. The fourth-order valence-electron chi connectivity index (χ4n) is 2.65. The number of nitrogens with zero attached hydrogens (tertiary/aromatic N) is 2. The summed E-state index contributed by atoms with van der Waals surface area (Å²) in [7, 11) is 0. The van der Waals surface area contributed by atoms with Gasteiger partial charge in [0.15, 0.2) is 0 Å². The maximum Gasteiger partial charge on any atom is 0.229 e. The summed E-state index contributed by atoms with van der Waals surface area (Å²) >= 11 is 6.14. The van der Waals surface area contributed by atoms with E-state index >= 15 is 0 Å². The average Bonchev–Trinajstić information content (AvgIpc) is 2.67. The van der Waals surface area contributed by atoms with Crippen molar-refractivity contribution in [2.24, 2.45) is 0 Å². The molecule has 1 heterocycles. The molecule has 0 aliphatic carbocycles. The number of nitrogens with one attached hydrogen (secondary N) is 1. The third-order valence-electron chi connectivity index (χ3n) is 3.98. The van der Waals surface area contributed by atoms with Crippen LogP contribution in [0.2, 0.25) is 5.02 Å². The van der Waals surface area contributed by atoms with Gasteiger partial charge in [-0.3, -0.25) is 10.1 Å². The minimum atomic E-state index is -0.0682. The number of hydrogen-bond acceptors (Lipinski definition) is 3. The molecule has 0 fully saturated rings. The highest BCUT2D eigenvalue weighted by atomic mass is 35.5. The largest absolute Gasteiger partial charge is 0.295 e. The second kappa shape index (κ2) is 8.59. The quantitative estimate of drug-likeness (QED) is 0.619. The van der Waals surface area contributed by atoms with E-state index in [0.717, 1.165) is 35.2 Å². The molecule has 0 unspecified atom stereocenters. The van der Waals surface area contributed by atoms with Crippen LogP contribution in [-0.2, 0) is 4.79 Å². The normalized spacial score (nSPS) is 10.5. The molecule has 0 saturated carbocycles. The first-order chi connectivity index (χ1) is 12.7. The number of carbonyl (C=O) groups excluding carboxylic acids is 1. The SMILES string of the molecule is CCCCC(=O)Nc1ncc(-c2cccc(Cl)c2)c(-c2ccccc2)n1. The summed E-state index contributed by atoms with van der Waals surface area (Å²) in [5, 5.41) is 3.44. The summed E-state index contributed by atoms with van der Waals surface area (Å²) in [4.78, 5) is 21.0. The summed E-state index contributed by atoms with van der Waals surface area (Å²) in [5.74, 6) is 0.247. The minimum Gasteiger partial charge on any atom is -0.295 e. The van der Waals surface area contributed by atoms with E-state index in [9.17, 15) is 4.79 Å². The molecule has 0 aliphatic rings. The highest BCUT2D eigenvalue weighted by Crippen LogP contribution is 2.31. The number of hydrogen-bond donors (Lipinski definition) is 1. The van der Waals surface area contributed by atoms with Gasteiger partial charge in [0.2, 0.25) is 11.9 Å². The van der Waals surface area contributed by atoms with Crippen molar-refractivity contribution in [2.75, 3.05) is 5.32 Å². The molecule has 2 aromatic carbocycles. The van der Waals surface area contributed by atoms with Crippen molar-refractivity contribution in [1.29, 1.82) is 0 Å². The van der Waals surface area contributed by atoms with E-state index in [1.54, 1.807) is 6.20 Å². The van der Waals surface area contributed by atoms with Crippen molar-refractivity contribution < 1.29 is 4.79 Å². The van der Waals surface area contributed by atoms with Crippen LogP contribution in [-0.4, -0.2) is 15.9 Å². The maximum atomic E-state index is 12.0. The van der Waals surface area contributed by atoms with E-state index in [1.807, 2.05) is 54.6 Å². The Bertz CT molecular complexity index is 897. The molecule has 0 aliphatic heterocycles.